The fraction of sp³-hybridized carbons (Fsp3) is 0.533. The highest BCUT2D eigenvalue weighted by atomic mass is 16.6. The summed E-state index contributed by atoms with van der Waals surface area (Å²) in [5.41, 5.74) is -0.0785. The molecule has 0 amide bonds. The minimum Gasteiger partial charge on any atom is -0.487 e. The maximum Gasteiger partial charge on any atom is 0.311 e. The highest BCUT2D eigenvalue weighted by Gasteiger charge is 2.26. The topological polar surface area (TPSA) is 89.7 Å². The van der Waals surface area contributed by atoms with E-state index in [9.17, 15) is 14.9 Å². The molecule has 0 aliphatic rings. The van der Waals surface area contributed by atoms with Crippen molar-refractivity contribution in [1.29, 1.82) is 0 Å². The van der Waals surface area contributed by atoms with Crippen molar-refractivity contribution in [2.75, 3.05) is 6.61 Å². The van der Waals surface area contributed by atoms with Crippen LogP contribution in [0.25, 0.3) is 0 Å². The van der Waals surface area contributed by atoms with Gasteiger partial charge in [-0.1, -0.05) is 12.1 Å². The number of rotatable bonds is 8. The van der Waals surface area contributed by atoms with Gasteiger partial charge in [0.2, 0.25) is 0 Å². The Morgan fingerprint density at radius 2 is 2.05 bits per heavy atom. The zero-order valence-electron chi connectivity index (χ0n) is 12.6. The SMILES string of the molecule is Cc1cccc([N+](=O)[O-])c1OCCCCC(C)(C)C(=O)O. The van der Waals surface area contributed by atoms with E-state index in [1.807, 2.05) is 0 Å². The van der Waals surface area contributed by atoms with Crippen molar-refractivity contribution in [3.05, 3.63) is 33.9 Å². The largest absolute Gasteiger partial charge is 0.487 e. The Morgan fingerprint density at radius 3 is 2.62 bits per heavy atom. The van der Waals surface area contributed by atoms with E-state index in [1.165, 1.54) is 6.07 Å². The minimum atomic E-state index is -0.821. The van der Waals surface area contributed by atoms with Gasteiger partial charge in [-0.3, -0.25) is 14.9 Å². The summed E-state index contributed by atoms with van der Waals surface area (Å²) in [4.78, 5) is 21.4. The van der Waals surface area contributed by atoms with Crippen LogP contribution in [0, 0.1) is 22.5 Å². The molecule has 6 nitrogen and oxygen atoms in total. The Kier molecular flexibility index (Phi) is 5.69. The Bertz CT molecular complexity index is 525. The third-order valence-corrected chi connectivity index (χ3v) is 3.41. The summed E-state index contributed by atoms with van der Waals surface area (Å²) in [5.74, 6) is -0.530. The molecular weight excluding hydrogens is 274 g/mol. The molecule has 0 aromatic heterocycles. The number of carboxylic acid groups (broad SMARTS) is 1. The van der Waals surface area contributed by atoms with Crippen molar-refractivity contribution >= 4 is 11.7 Å². The van der Waals surface area contributed by atoms with Crippen LogP contribution in [0.2, 0.25) is 0 Å². The van der Waals surface area contributed by atoms with Crippen LogP contribution in [0.1, 0.15) is 38.7 Å². The Balaban J connectivity index is 2.51. The lowest BCUT2D eigenvalue weighted by Gasteiger charge is -2.18. The molecule has 0 radical (unpaired) electrons. The number of benzene rings is 1. The third kappa shape index (κ3) is 4.73. The third-order valence-electron chi connectivity index (χ3n) is 3.41. The average molecular weight is 295 g/mol. The Morgan fingerprint density at radius 1 is 1.38 bits per heavy atom. The zero-order chi connectivity index (χ0) is 16.0. The zero-order valence-corrected chi connectivity index (χ0v) is 12.6. The Labute approximate surface area is 123 Å². The van der Waals surface area contributed by atoms with Crippen LogP contribution in [0.15, 0.2) is 18.2 Å². The second-order valence-corrected chi connectivity index (χ2v) is 5.67. The van der Waals surface area contributed by atoms with Crippen LogP contribution in [-0.2, 0) is 4.79 Å². The normalized spacial score (nSPS) is 11.2. The van der Waals surface area contributed by atoms with Crippen molar-refractivity contribution in [3.63, 3.8) is 0 Å². The summed E-state index contributed by atoms with van der Waals surface area (Å²) in [6, 6.07) is 4.79. The molecule has 0 unspecified atom stereocenters. The number of nitro groups is 1. The van der Waals surface area contributed by atoms with Gasteiger partial charge in [-0.05, 0) is 45.6 Å². The van der Waals surface area contributed by atoms with Gasteiger partial charge >= 0.3 is 11.7 Å². The fourth-order valence-corrected chi connectivity index (χ4v) is 1.92. The Hall–Kier alpha value is -2.11. The standard InChI is InChI=1S/C15H21NO5/c1-11-7-6-8-12(16(19)20)13(11)21-10-5-4-9-15(2,3)14(17)18/h6-8H,4-5,9-10H2,1-3H3,(H,17,18). The van der Waals surface area contributed by atoms with E-state index in [-0.39, 0.29) is 5.69 Å². The molecule has 1 aromatic carbocycles. The van der Waals surface area contributed by atoms with Gasteiger partial charge < -0.3 is 9.84 Å². The number of carbonyl (C=O) groups is 1. The van der Waals surface area contributed by atoms with Crippen LogP contribution in [0.3, 0.4) is 0 Å². The number of nitrogens with zero attached hydrogens (tertiary/aromatic N) is 1. The van der Waals surface area contributed by atoms with Crippen molar-refractivity contribution in [1.82, 2.24) is 0 Å². The molecule has 1 rings (SSSR count). The molecule has 0 aliphatic heterocycles. The lowest BCUT2D eigenvalue weighted by molar-refractivity contribution is -0.385. The van der Waals surface area contributed by atoms with Crippen molar-refractivity contribution < 1.29 is 19.6 Å². The lowest BCUT2D eigenvalue weighted by atomic mass is 9.87. The van der Waals surface area contributed by atoms with E-state index in [1.54, 1.807) is 32.9 Å². The molecule has 0 spiro atoms. The molecule has 0 atom stereocenters. The highest BCUT2D eigenvalue weighted by Crippen LogP contribution is 2.30. The number of nitro benzene ring substituents is 1. The predicted molar refractivity (Wildman–Crippen MR) is 78.6 cm³/mol. The first-order valence-corrected chi connectivity index (χ1v) is 6.86. The van der Waals surface area contributed by atoms with Gasteiger partial charge in [0.25, 0.3) is 0 Å². The number of aryl methyl sites for hydroxylation is 1. The number of ether oxygens (including phenoxy) is 1. The number of unbranched alkanes of at least 4 members (excludes halogenated alkanes) is 1. The van der Waals surface area contributed by atoms with Gasteiger partial charge in [-0.25, -0.2) is 0 Å². The van der Waals surface area contributed by atoms with Crippen LogP contribution in [-0.4, -0.2) is 22.6 Å². The number of hydrogen-bond donors (Lipinski definition) is 1. The average Bonchev–Trinajstić information content (AvgIpc) is 2.39. The second kappa shape index (κ2) is 7.06. The van der Waals surface area contributed by atoms with Crippen LogP contribution in [0.5, 0.6) is 5.75 Å². The van der Waals surface area contributed by atoms with Crippen LogP contribution < -0.4 is 4.74 Å². The maximum atomic E-state index is 11.0. The quantitative estimate of drug-likeness (QED) is 0.450. The van der Waals surface area contributed by atoms with Crippen LogP contribution in [0.4, 0.5) is 5.69 Å². The highest BCUT2D eigenvalue weighted by molar-refractivity contribution is 5.73. The summed E-state index contributed by atoms with van der Waals surface area (Å²) in [5, 5.41) is 19.9. The molecule has 0 bridgehead atoms. The van der Waals surface area contributed by atoms with E-state index in [4.69, 9.17) is 9.84 Å². The van der Waals surface area contributed by atoms with Gasteiger partial charge in [0.1, 0.15) is 0 Å². The van der Waals surface area contributed by atoms with Crippen LogP contribution >= 0.6 is 0 Å². The molecule has 116 valence electrons. The molecule has 0 saturated carbocycles. The number of para-hydroxylation sites is 1. The molecule has 0 saturated heterocycles. The van der Waals surface area contributed by atoms with Gasteiger partial charge in [-0.2, -0.15) is 0 Å². The summed E-state index contributed by atoms with van der Waals surface area (Å²) in [6.45, 7) is 5.46. The smallest absolute Gasteiger partial charge is 0.311 e. The number of aliphatic carboxylic acids is 1. The molecule has 0 fully saturated rings. The van der Waals surface area contributed by atoms with E-state index >= 15 is 0 Å². The first-order valence-electron chi connectivity index (χ1n) is 6.86. The number of carboxylic acids is 1. The summed E-state index contributed by atoms with van der Waals surface area (Å²) < 4.78 is 5.52. The lowest BCUT2D eigenvalue weighted by Crippen LogP contribution is -2.23. The van der Waals surface area contributed by atoms with E-state index in [0.717, 1.165) is 5.56 Å². The molecule has 0 aliphatic carbocycles. The molecule has 21 heavy (non-hydrogen) atoms. The van der Waals surface area contributed by atoms with Gasteiger partial charge in [0.05, 0.1) is 16.9 Å². The van der Waals surface area contributed by atoms with Gasteiger partial charge in [0, 0.05) is 6.07 Å². The van der Waals surface area contributed by atoms with Crippen molar-refractivity contribution in [3.8, 4) is 5.75 Å². The first kappa shape index (κ1) is 16.9. The van der Waals surface area contributed by atoms with E-state index < -0.39 is 16.3 Å². The fourth-order valence-electron chi connectivity index (χ4n) is 1.92. The van der Waals surface area contributed by atoms with E-state index in [0.29, 0.717) is 31.6 Å². The van der Waals surface area contributed by atoms with Crippen molar-refractivity contribution in [2.45, 2.75) is 40.0 Å². The summed E-state index contributed by atoms with van der Waals surface area (Å²) in [7, 11) is 0. The second-order valence-electron chi connectivity index (χ2n) is 5.67. The summed E-state index contributed by atoms with van der Waals surface area (Å²) >= 11 is 0. The molecular formula is C15H21NO5. The minimum absolute atomic E-state index is 0.0409. The van der Waals surface area contributed by atoms with Gasteiger partial charge in [-0.15, -0.1) is 0 Å². The first-order chi connectivity index (χ1) is 9.75. The maximum absolute atomic E-state index is 11.0. The molecule has 1 N–H and O–H groups in total. The predicted octanol–water partition coefficient (Wildman–Crippen LogP) is 3.56. The molecule has 0 heterocycles. The molecule has 6 heteroatoms. The number of hydrogen-bond acceptors (Lipinski definition) is 4. The van der Waals surface area contributed by atoms with Gasteiger partial charge in [0.15, 0.2) is 5.75 Å². The summed E-state index contributed by atoms with van der Waals surface area (Å²) in [6.07, 6.45) is 1.89. The monoisotopic (exact) mass is 295 g/mol. The molecule has 1 aromatic rings. The van der Waals surface area contributed by atoms with E-state index in [2.05, 4.69) is 0 Å². The van der Waals surface area contributed by atoms with Crippen molar-refractivity contribution in [2.24, 2.45) is 5.41 Å².